The number of ether oxygens (including phenoxy) is 1. The van der Waals surface area contributed by atoms with Gasteiger partial charge in [-0.25, -0.2) is 18.4 Å². The highest BCUT2D eigenvalue weighted by Crippen LogP contribution is 2.32. The van der Waals surface area contributed by atoms with E-state index in [9.17, 15) is 18.7 Å². The summed E-state index contributed by atoms with van der Waals surface area (Å²) in [5, 5.41) is 15.1. The fraction of sp³-hybridized carbons (Fsp3) is 0.471. The molecule has 1 heterocycles. The molecule has 1 aromatic carbocycles. The largest absolute Gasteiger partial charge is 0.459 e. The van der Waals surface area contributed by atoms with Gasteiger partial charge in [-0.15, -0.1) is 0 Å². The summed E-state index contributed by atoms with van der Waals surface area (Å²) < 4.78 is 34.2. The van der Waals surface area contributed by atoms with E-state index in [0.29, 0.717) is 6.07 Å². The van der Waals surface area contributed by atoms with Crippen molar-refractivity contribution in [3.8, 4) is 0 Å². The number of hydrogen-bond acceptors (Lipinski definition) is 5. The van der Waals surface area contributed by atoms with Crippen LogP contribution in [-0.2, 0) is 21.7 Å². The Balaban J connectivity index is 2.43. The number of carbonyl (C=O) groups excluding carboxylic acids is 1. The molecule has 6 nitrogen and oxygen atoms in total. The standard InChI is InChI=1S/C17H21F2N3O3/c1-11(25-15(23)16(2,3)4)17(24,8-22-10-20-9-21-22)13-6-5-12(18)7-14(13)19/h5-7,9-11,24H,8H2,1-4H3/t11-,17-/m1/s1. The zero-order valence-electron chi connectivity index (χ0n) is 14.5. The third-order valence-electron chi connectivity index (χ3n) is 3.84. The highest BCUT2D eigenvalue weighted by Gasteiger charge is 2.42. The Labute approximate surface area is 144 Å². The van der Waals surface area contributed by atoms with Gasteiger partial charge in [0.15, 0.2) is 0 Å². The maximum atomic E-state index is 14.3. The van der Waals surface area contributed by atoms with Crippen LogP contribution in [0.1, 0.15) is 33.3 Å². The molecule has 2 rings (SSSR count). The molecule has 1 N–H and O–H groups in total. The second-order valence-electron chi connectivity index (χ2n) is 6.94. The van der Waals surface area contributed by atoms with E-state index in [1.54, 1.807) is 20.8 Å². The fourth-order valence-corrected chi connectivity index (χ4v) is 2.27. The summed E-state index contributed by atoms with van der Waals surface area (Å²) in [7, 11) is 0. The molecule has 0 spiro atoms. The van der Waals surface area contributed by atoms with Crippen molar-refractivity contribution in [2.45, 2.75) is 45.9 Å². The minimum Gasteiger partial charge on any atom is -0.459 e. The predicted octanol–water partition coefficient (Wildman–Crippen LogP) is 2.42. The number of rotatable bonds is 5. The summed E-state index contributed by atoms with van der Waals surface area (Å²) >= 11 is 0. The molecule has 1 aromatic heterocycles. The lowest BCUT2D eigenvalue weighted by atomic mass is 9.87. The van der Waals surface area contributed by atoms with Crippen LogP contribution in [0, 0.1) is 17.0 Å². The Bertz CT molecular complexity index is 744. The molecular weight excluding hydrogens is 332 g/mol. The van der Waals surface area contributed by atoms with E-state index >= 15 is 0 Å². The van der Waals surface area contributed by atoms with Gasteiger partial charge in [0, 0.05) is 11.6 Å². The Morgan fingerprint density at radius 1 is 1.36 bits per heavy atom. The summed E-state index contributed by atoms with van der Waals surface area (Å²) in [5.74, 6) is -2.27. The smallest absolute Gasteiger partial charge is 0.311 e. The molecule has 0 radical (unpaired) electrons. The van der Waals surface area contributed by atoms with Crippen molar-refractivity contribution in [1.82, 2.24) is 14.8 Å². The van der Waals surface area contributed by atoms with Crippen LogP contribution in [-0.4, -0.2) is 31.9 Å². The maximum Gasteiger partial charge on any atom is 0.311 e. The summed E-state index contributed by atoms with van der Waals surface area (Å²) in [6, 6.07) is 2.83. The van der Waals surface area contributed by atoms with Crippen LogP contribution >= 0.6 is 0 Å². The Morgan fingerprint density at radius 3 is 2.56 bits per heavy atom. The number of aromatic nitrogens is 3. The third-order valence-corrected chi connectivity index (χ3v) is 3.84. The number of carbonyl (C=O) groups is 1. The summed E-state index contributed by atoms with van der Waals surface area (Å²) in [6.07, 6.45) is 1.47. The van der Waals surface area contributed by atoms with Crippen molar-refractivity contribution >= 4 is 5.97 Å². The van der Waals surface area contributed by atoms with Crippen LogP contribution in [0.4, 0.5) is 8.78 Å². The Morgan fingerprint density at radius 2 is 2.04 bits per heavy atom. The van der Waals surface area contributed by atoms with E-state index < -0.39 is 34.7 Å². The highest BCUT2D eigenvalue weighted by molar-refractivity contribution is 5.75. The van der Waals surface area contributed by atoms with Crippen LogP contribution < -0.4 is 0 Å². The van der Waals surface area contributed by atoms with E-state index in [-0.39, 0.29) is 12.1 Å². The number of benzene rings is 1. The molecule has 0 saturated carbocycles. The molecule has 0 fully saturated rings. The first-order valence-corrected chi connectivity index (χ1v) is 7.75. The van der Waals surface area contributed by atoms with Crippen molar-refractivity contribution < 1.29 is 23.4 Å². The molecule has 25 heavy (non-hydrogen) atoms. The van der Waals surface area contributed by atoms with Gasteiger partial charge in [0.2, 0.25) is 0 Å². The maximum absolute atomic E-state index is 14.3. The third kappa shape index (κ3) is 4.19. The van der Waals surface area contributed by atoms with Gasteiger partial charge in [0.05, 0.1) is 12.0 Å². The molecule has 136 valence electrons. The minimum absolute atomic E-state index is 0.196. The first-order valence-electron chi connectivity index (χ1n) is 7.75. The second kappa shape index (κ2) is 6.87. The van der Waals surface area contributed by atoms with Crippen LogP contribution in [0.2, 0.25) is 0 Å². The lowest BCUT2D eigenvalue weighted by Crippen LogP contribution is -2.46. The second-order valence-corrected chi connectivity index (χ2v) is 6.94. The molecule has 2 atom stereocenters. The monoisotopic (exact) mass is 353 g/mol. The molecule has 0 amide bonds. The van der Waals surface area contributed by atoms with Gasteiger partial charge >= 0.3 is 5.97 Å². The minimum atomic E-state index is -1.97. The zero-order valence-corrected chi connectivity index (χ0v) is 14.5. The van der Waals surface area contributed by atoms with Crippen molar-refractivity contribution in [3.63, 3.8) is 0 Å². The van der Waals surface area contributed by atoms with Gasteiger partial charge < -0.3 is 9.84 Å². The summed E-state index contributed by atoms with van der Waals surface area (Å²) in [5.41, 5.74) is -2.96. The topological polar surface area (TPSA) is 77.2 Å². The number of aliphatic hydroxyl groups is 1. The molecule has 8 heteroatoms. The van der Waals surface area contributed by atoms with E-state index in [1.807, 2.05) is 0 Å². The van der Waals surface area contributed by atoms with Crippen LogP contribution in [0.5, 0.6) is 0 Å². The van der Waals surface area contributed by atoms with Gasteiger partial charge in [0.1, 0.15) is 36.0 Å². The molecular formula is C17H21F2N3O3. The molecule has 2 aromatic rings. The van der Waals surface area contributed by atoms with Gasteiger partial charge in [-0.05, 0) is 33.8 Å². The van der Waals surface area contributed by atoms with Crippen molar-refractivity contribution in [2.75, 3.05) is 0 Å². The number of nitrogens with zero attached hydrogens (tertiary/aromatic N) is 3. The van der Waals surface area contributed by atoms with Crippen molar-refractivity contribution in [2.24, 2.45) is 5.41 Å². The van der Waals surface area contributed by atoms with Crippen LogP contribution in [0.15, 0.2) is 30.9 Å². The van der Waals surface area contributed by atoms with Gasteiger partial charge in [-0.2, -0.15) is 5.10 Å². The van der Waals surface area contributed by atoms with Crippen molar-refractivity contribution in [1.29, 1.82) is 0 Å². The molecule has 0 bridgehead atoms. The first kappa shape index (κ1) is 19.0. The first-order chi connectivity index (χ1) is 11.5. The SMILES string of the molecule is C[C@@H](OC(=O)C(C)(C)C)[C@](O)(Cn1cncn1)c1ccc(F)cc1F. The Hall–Kier alpha value is -2.35. The normalized spacial score (nSPS) is 15.5. The quantitative estimate of drug-likeness (QED) is 0.836. The van der Waals surface area contributed by atoms with Gasteiger partial charge in [-0.1, -0.05) is 6.07 Å². The Kier molecular flexibility index (Phi) is 5.22. The average molecular weight is 353 g/mol. The lowest BCUT2D eigenvalue weighted by molar-refractivity contribution is -0.176. The van der Waals surface area contributed by atoms with Crippen LogP contribution in [0.25, 0.3) is 0 Å². The van der Waals surface area contributed by atoms with E-state index in [2.05, 4.69) is 10.1 Å². The molecule has 0 aliphatic rings. The lowest BCUT2D eigenvalue weighted by Gasteiger charge is -2.35. The van der Waals surface area contributed by atoms with Gasteiger partial charge in [0.25, 0.3) is 0 Å². The molecule has 0 unspecified atom stereocenters. The molecule has 0 aliphatic carbocycles. The van der Waals surface area contributed by atoms with Crippen molar-refractivity contribution in [3.05, 3.63) is 48.1 Å². The number of hydrogen-bond donors (Lipinski definition) is 1. The summed E-state index contributed by atoms with van der Waals surface area (Å²) in [6.45, 7) is 6.21. The highest BCUT2D eigenvalue weighted by atomic mass is 19.1. The van der Waals surface area contributed by atoms with E-state index in [4.69, 9.17) is 4.74 Å². The van der Waals surface area contributed by atoms with Gasteiger partial charge in [-0.3, -0.25) is 4.79 Å². The average Bonchev–Trinajstić information content (AvgIpc) is 2.98. The predicted molar refractivity (Wildman–Crippen MR) is 85.3 cm³/mol. The van der Waals surface area contributed by atoms with E-state index in [0.717, 1.165) is 12.1 Å². The fourth-order valence-electron chi connectivity index (χ4n) is 2.27. The molecule has 0 aliphatic heterocycles. The van der Waals surface area contributed by atoms with E-state index in [1.165, 1.54) is 24.3 Å². The van der Waals surface area contributed by atoms with Crippen LogP contribution in [0.3, 0.4) is 0 Å². The molecule has 0 saturated heterocycles. The number of esters is 1. The summed E-state index contributed by atoms with van der Waals surface area (Å²) in [4.78, 5) is 15.9. The number of halogens is 2. The zero-order chi connectivity index (χ0) is 18.8.